The van der Waals surface area contributed by atoms with Crippen LogP contribution in [-0.4, -0.2) is 25.7 Å². The number of ether oxygens (including phenoxy) is 1. The minimum Gasteiger partial charge on any atom is -0.456 e. The fraction of sp³-hybridized carbons (Fsp3) is 0.190. The summed E-state index contributed by atoms with van der Waals surface area (Å²) in [6, 6.07) is 14.1. The van der Waals surface area contributed by atoms with Crippen LogP contribution in [0.25, 0.3) is 22.3 Å². The SMILES string of the molecule is Cn1c(CCC(=O)OCc2nc(-c3ccc(Cl)cc3)no2)nc2ccccc2c1=O. The average molecular weight is 425 g/mol. The predicted molar refractivity (Wildman–Crippen MR) is 110 cm³/mol. The highest BCUT2D eigenvalue weighted by molar-refractivity contribution is 6.30. The number of para-hydroxylation sites is 1. The molecular weight excluding hydrogens is 408 g/mol. The molecule has 9 heteroatoms. The predicted octanol–water partition coefficient (Wildman–Crippen LogP) is 3.31. The lowest BCUT2D eigenvalue weighted by atomic mass is 10.2. The number of hydrogen-bond donors (Lipinski definition) is 0. The van der Waals surface area contributed by atoms with Gasteiger partial charge < -0.3 is 9.26 Å². The summed E-state index contributed by atoms with van der Waals surface area (Å²) in [5.74, 6) is 0.625. The van der Waals surface area contributed by atoms with Crippen molar-refractivity contribution in [3.8, 4) is 11.4 Å². The van der Waals surface area contributed by atoms with Gasteiger partial charge in [-0.3, -0.25) is 14.2 Å². The van der Waals surface area contributed by atoms with Crippen molar-refractivity contribution in [3.63, 3.8) is 0 Å². The van der Waals surface area contributed by atoms with E-state index in [0.29, 0.717) is 27.6 Å². The summed E-state index contributed by atoms with van der Waals surface area (Å²) in [5.41, 5.74) is 1.19. The second-order valence-corrected chi connectivity index (χ2v) is 7.03. The Bertz CT molecular complexity index is 1260. The van der Waals surface area contributed by atoms with E-state index in [1.54, 1.807) is 49.5 Å². The topological polar surface area (TPSA) is 100 Å². The smallest absolute Gasteiger partial charge is 0.306 e. The molecular formula is C21H17ClN4O4. The zero-order valence-electron chi connectivity index (χ0n) is 16.0. The second-order valence-electron chi connectivity index (χ2n) is 6.59. The first-order valence-corrected chi connectivity index (χ1v) is 9.58. The summed E-state index contributed by atoms with van der Waals surface area (Å²) in [4.78, 5) is 33.2. The first kappa shape index (κ1) is 19.8. The molecule has 2 aromatic carbocycles. The lowest BCUT2D eigenvalue weighted by Gasteiger charge is -2.08. The largest absolute Gasteiger partial charge is 0.456 e. The Labute approximate surface area is 176 Å². The van der Waals surface area contributed by atoms with Gasteiger partial charge in [-0.1, -0.05) is 28.9 Å². The number of nitrogens with zero attached hydrogens (tertiary/aromatic N) is 4. The number of carbonyl (C=O) groups excluding carboxylic acids is 1. The second kappa shape index (κ2) is 8.46. The summed E-state index contributed by atoms with van der Waals surface area (Å²) >= 11 is 5.86. The van der Waals surface area contributed by atoms with Crippen molar-refractivity contribution >= 4 is 28.5 Å². The van der Waals surface area contributed by atoms with E-state index in [9.17, 15) is 9.59 Å². The van der Waals surface area contributed by atoms with Gasteiger partial charge in [0.25, 0.3) is 11.4 Å². The van der Waals surface area contributed by atoms with Crippen LogP contribution in [0.2, 0.25) is 5.02 Å². The third-order valence-electron chi connectivity index (χ3n) is 4.56. The van der Waals surface area contributed by atoms with E-state index >= 15 is 0 Å². The molecule has 4 aromatic rings. The van der Waals surface area contributed by atoms with Crippen LogP contribution in [0.4, 0.5) is 0 Å². The van der Waals surface area contributed by atoms with Crippen LogP contribution in [0, 0.1) is 0 Å². The van der Waals surface area contributed by atoms with Gasteiger partial charge >= 0.3 is 5.97 Å². The Morgan fingerprint density at radius 1 is 1.13 bits per heavy atom. The molecule has 0 spiro atoms. The van der Waals surface area contributed by atoms with Crippen LogP contribution in [0.5, 0.6) is 0 Å². The van der Waals surface area contributed by atoms with E-state index in [1.165, 1.54) is 4.57 Å². The summed E-state index contributed by atoms with van der Waals surface area (Å²) in [6.07, 6.45) is 0.339. The van der Waals surface area contributed by atoms with Crippen molar-refractivity contribution in [2.24, 2.45) is 7.05 Å². The minimum absolute atomic E-state index is 0.0663. The molecule has 0 aliphatic heterocycles. The van der Waals surface area contributed by atoms with Crippen molar-refractivity contribution in [1.29, 1.82) is 0 Å². The molecule has 0 saturated carbocycles. The molecule has 0 radical (unpaired) electrons. The summed E-state index contributed by atoms with van der Waals surface area (Å²) in [6.45, 7) is -0.135. The summed E-state index contributed by atoms with van der Waals surface area (Å²) in [7, 11) is 1.64. The van der Waals surface area contributed by atoms with E-state index < -0.39 is 5.97 Å². The Morgan fingerprint density at radius 3 is 2.70 bits per heavy atom. The monoisotopic (exact) mass is 424 g/mol. The van der Waals surface area contributed by atoms with Crippen molar-refractivity contribution in [3.05, 3.63) is 75.6 Å². The maximum atomic E-state index is 12.4. The molecule has 0 saturated heterocycles. The molecule has 152 valence electrons. The molecule has 0 aliphatic rings. The van der Waals surface area contributed by atoms with Crippen LogP contribution >= 0.6 is 11.6 Å². The third-order valence-corrected chi connectivity index (χ3v) is 4.81. The zero-order chi connectivity index (χ0) is 21.1. The van der Waals surface area contributed by atoms with Crippen LogP contribution in [-0.2, 0) is 29.6 Å². The number of halogens is 1. The Morgan fingerprint density at radius 2 is 1.90 bits per heavy atom. The van der Waals surface area contributed by atoms with Gasteiger partial charge in [-0.15, -0.1) is 0 Å². The lowest BCUT2D eigenvalue weighted by molar-refractivity contribution is -0.145. The first-order valence-electron chi connectivity index (χ1n) is 9.20. The van der Waals surface area contributed by atoms with Gasteiger partial charge in [-0.2, -0.15) is 4.98 Å². The number of carbonyl (C=O) groups is 1. The van der Waals surface area contributed by atoms with E-state index in [2.05, 4.69) is 15.1 Å². The summed E-state index contributed by atoms with van der Waals surface area (Å²) in [5, 5.41) is 5.02. The van der Waals surface area contributed by atoms with Crippen LogP contribution in [0.1, 0.15) is 18.1 Å². The minimum atomic E-state index is -0.455. The Balaban J connectivity index is 1.36. The van der Waals surface area contributed by atoms with Gasteiger partial charge in [0, 0.05) is 24.1 Å². The highest BCUT2D eigenvalue weighted by atomic mass is 35.5. The molecule has 8 nitrogen and oxygen atoms in total. The molecule has 2 heterocycles. The molecule has 0 N–H and O–H groups in total. The molecule has 0 atom stereocenters. The van der Waals surface area contributed by atoms with E-state index in [4.69, 9.17) is 20.9 Å². The van der Waals surface area contributed by atoms with Gasteiger partial charge in [-0.25, -0.2) is 4.98 Å². The molecule has 0 amide bonds. The zero-order valence-corrected chi connectivity index (χ0v) is 16.8. The molecule has 0 fully saturated rings. The number of benzene rings is 2. The van der Waals surface area contributed by atoms with Crippen molar-refractivity contribution in [2.45, 2.75) is 19.4 Å². The van der Waals surface area contributed by atoms with Crippen LogP contribution in [0.15, 0.2) is 57.8 Å². The summed E-state index contributed by atoms with van der Waals surface area (Å²) < 4.78 is 11.8. The number of aromatic nitrogens is 4. The number of rotatable bonds is 6. The lowest BCUT2D eigenvalue weighted by Crippen LogP contribution is -2.23. The molecule has 0 aliphatic carbocycles. The van der Waals surface area contributed by atoms with Crippen molar-refractivity contribution in [1.82, 2.24) is 19.7 Å². The van der Waals surface area contributed by atoms with Gasteiger partial charge in [0.1, 0.15) is 5.82 Å². The fourth-order valence-electron chi connectivity index (χ4n) is 2.95. The Hall–Kier alpha value is -3.52. The highest BCUT2D eigenvalue weighted by Crippen LogP contribution is 2.19. The number of hydrogen-bond acceptors (Lipinski definition) is 7. The van der Waals surface area contributed by atoms with E-state index in [0.717, 1.165) is 5.56 Å². The van der Waals surface area contributed by atoms with Gasteiger partial charge in [0.2, 0.25) is 5.82 Å². The molecule has 4 rings (SSSR count). The molecule has 2 aromatic heterocycles. The van der Waals surface area contributed by atoms with Crippen molar-refractivity contribution < 1.29 is 14.1 Å². The fourth-order valence-corrected chi connectivity index (χ4v) is 3.07. The molecule has 0 unspecified atom stereocenters. The number of fused-ring (bicyclic) bond motifs is 1. The van der Waals surface area contributed by atoms with E-state index in [1.807, 2.05) is 6.07 Å². The van der Waals surface area contributed by atoms with Crippen LogP contribution < -0.4 is 5.56 Å². The quantitative estimate of drug-likeness (QED) is 0.437. The third kappa shape index (κ3) is 4.23. The Kier molecular flexibility index (Phi) is 5.58. The van der Waals surface area contributed by atoms with Gasteiger partial charge in [-0.05, 0) is 36.4 Å². The van der Waals surface area contributed by atoms with Crippen LogP contribution in [0.3, 0.4) is 0 Å². The number of esters is 1. The standard InChI is InChI=1S/C21H17ClN4O4/c1-26-17(23-16-5-3-2-4-15(16)21(26)28)10-11-19(27)29-12-18-24-20(25-30-18)13-6-8-14(22)9-7-13/h2-9H,10-12H2,1H3. The first-order chi connectivity index (χ1) is 14.5. The normalized spacial score (nSPS) is 11.0. The van der Waals surface area contributed by atoms with Gasteiger partial charge in [0.05, 0.1) is 17.3 Å². The van der Waals surface area contributed by atoms with E-state index in [-0.39, 0.29) is 30.9 Å². The van der Waals surface area contributed by atoms with Crippen molar-refractivity contribution in [2.75, 3.05) is 0 Å². The maximum absolute atomic E-state index is 12.4. The maximum Gasteiger partial charge on any atom is 0.306 e. The number of aryl methyl sites for hydroxylation is 1. The average Bonchev–Trinajstić information content (AvgIpc) is 3.23. The van der Waals surface area contributed by atoms with Gasteiger partial charge in [0.15, 0.2) is 6.61 Å². The highest BCUT2D eigenvalue weighted by Gasteiger charge is 2.13. The molecule has 0 bridgehead atoms. The molecule has 30 heavy (non-hydrogen) atoms.